The van der Waals surface area contributed by atoms with Crippen molar-refractivity contribution in [2.75, 3.05) is 37.4 Å². The van der Waals surface area contributed by atoms with Gasteiger partial charge in [0, 0.05) is 6.07 Å². The molecule has 7 nitrogen and oxygen atoms in total. The van der Waals surface area contributed by atoms with E-state index in [0.717, 1.165) is 29.2 Å². The third-order valence-electron chi connectivity index (χ3n) is 4.18. The van der Waals surface area contributed by atoms with Crippen LogP contribution >= 0.6 is 0 Å². The van der Waals surface area contributed by atoms with Gasteiger partial charge in [0.15, 0.2) is 0 Å². The Balaban J connectivity index is 1.87. The summed E-state index contributed by atoms with van der Waals surface area (Å²) in [7, 11) is -2.14. The fraction of sp³-hybridized carbons (Fsp3) is 0.381. The number of methoxy groups -OCH3 is 1. The second kappa shape index (κ2) is 10.7. The second-order valence-corrected chi connectivity index (χ2v) is 8.47. The number of anilines is 1. The van der Waals surface area contributed by atoms with E-state index >= 15 is 0 Å². The van der Waals surface area contributed by atoms with Crippen molar-refractivity contribution in [1.29, 1.82) is 0 Å². The molecule has 2 rings (SSSR count). The molecule has 8 heteroatoms. The number of carbonyl (C=O) groups excluding carboxylic acids is 1. The fourth-order valence-corrected chi connectivity index (χ4v) is 3.60. The number of nitrogens with zero attached hydrogens (tertiary/aromatic N) is 1. The first-order valence-corrected chi connectivity index (χ1v) is 11.3. The van der Waals surface area contributed by atoms with E-state index in [-0.39, 0.29) is 19.7 Å². The summed E-state index contributed by atoms with van der Waals surface area (Å²) in [4.78, 5) is 12.3. The maximum absolute atomic E-state index is 12.3. The van der Waals surface area contributed by atoms with E-state index < -0.39 is 15.9 Å². The number of sulfonamides is 1. The van der Waals surface area contributed by atoms with Crippen molar-refractivity contribution < 1.29 is 22.7 Å². The van der Waals surface area contributed by atoms with Gasteiger partial charge < -0.3 is 14.8 Å². The van der Waals surface area contributed by atoms with Crippen LogP contribution in [-0.4, -0.2) is 47.4 Å². The van der Waals surface area contributed by atoms with E-state index in [9.17, 15) is 13.2 Å². The predicted octanol–water partition coefficient (Wildman–Crippen LogP) is 2.61. The highest BCUT2D eigenvalue weighted by Crippen LogP contribution is 2.22. The molecule has 2 aromatic rings. The Hall–Kier alpha value is -2.74. The van der Waals surface area contributed by atoms with Gasteiger partial charge in [-0.3, -0.25) is 9.10 Å². The minimum atomic E-state index is -3.63. The van der Waals surface area contributed by atoms with Crippen LogP contribution in [0.15, 0.2) is 48.5 Å². The Morgan fingerprint density at radius 3 is 2.45 bits per heavy atom. The molecule has 0 unspecified atom stereocenters. The Bertz CT molecular complexity index is 898. The van der Waals surface area contributed by atoms with E-state index in [2.05, 4.69) is 12.2 Å². The van der Waals surface area contributed by atoms with Gasteiger partial charge in [0.05, 0.1) is 25.6 Å². The van der Waals surface area contributed by atoms with Crippen LogP contribution in [0.4, 0.5) is 5.69 Å². The molecule has 0 fully saturated rings. The summed E-state index contributed by atoms with van der Waals surface area (Å²) < 4.78 is 36.1. The third-order valence-corrected chi connectivity index (χ3v) is 5.32. The quantitative estimate of drug-likeness (QED) is 0.565. The lowest BCUT2D eigenvalue weighted by atomic mass is 10.1. The molecule has 0 radical (unpaired) electrons. The molecule has 0 saturated heterocycles. The van der Waals surface area contributed by atoms with Crippen LogP contribution in [0.3, 0.4) is 0 Å². The highest BCUT2D eigenvalue weighted by molar-refractivity contribution is 7.92. The smallest absolute Gasteiger partial charge is 0.240 e. The van der Waals surface area contributed by atoms with Gasteiger partial charge in [0.25, 0.3) is 0 Å². The average Bonchev–Trinajstić information content (AvgIpc) is 2.70. The van der Waals surface area contributed by atoms with E-state index in [1.807, 2.05) is 24.3 Å². The molecule has 0 heterocycles. The molecule has 0 spiro atoms. The zero-order chi connectivity index (χ0) is 21.3. The summed E-state index contributed by atoms with van der Waals surface area (Å²) in [5.74, 6) is 0.822. The van der Waals surface area contributed by atoms with Crippen molar-refractivity contribution >= 4 is 21.6 Å². The first kappa shape index (κ1) is 22.5. The van der Waals surface area contributed by atoms with Gasteiger partial charge in [-0.25, -0.2) is 8.42 Å². The average molecular weight is 421 g/mol. The normalized spacial score (nSPS) is 11.0. The molecule has 0 aliphatic carbocycles. The molecule has 2 aromatic carbocycles. The molecule has 158 valence electrons. The maximum atomic E-state index is 12.3. The minimum absolute atomic E-state index is 0.269. The van der Waals surface area contributed by atoms with Crippen molar-refractivity contribution in [3.63, 3.8) is 0 Å². The molecule has 0 saturated carbocycles. The number of nitrogens with one attached hydrogen (secondary N) is 1. The molecule has 1 amide bonds. The summed E-state index contributed by atoms with van der Waals surface area (Å²) >= 11 is 0. The number of ether oxygens (including phenoxy) is 2. The van der Waals surface area contributed by atoms with Crippen LogP contribution in [0.1, 0.15) is 18.9 Å². The summed E-state index contributed by atoms with van der Waals surface area (Å²) in [5, 5.41) is 2.68. The largest absolute Gasteiger partial charge is 0.497 e. The van der Waals surface area contributed by atoms with Crippen LogP contribution in [0, 0.1) is 0 Å². The Kier molecular flexibility index (Phi) is 8.33. The van der Waals surface area contributed by atoms with Crippen molar-refractivity contribution in [2.45, 2.75) is 19.8 Å². The van der Waals surface area contributed by atoms with E-state index in [0.29, 0.717) is 11.4 Å². The van der Waals surface area contributed by atoms with Crippen molar-refractivity contribution in [2.24, 2.45) is 0 Å². The first-order valence-electron chi connectivity index (χ1n) is 9.43. The summed E-state index contributed by atoms with van der Waals surface area (Å²) in [5.41, 5.74) is 1.62. The number of amides is 1. The van der Waals surface area contributed by atoms with E-state index in [1.165, 1.54) is 12.7 Å². The number of carbonyl (C=O) groups is 1. The van der Waals surface area contributed by atoms with Crippen LogP contribution in [0.5, 0.6) is 11.5 Å². The lowest BCUT2D eigenvalue weighted by Crippen LogP contribution is -2.41. The number of hydrogen-bond acceptors (Lipinski definition) is 5. The lowest BCUT2D eigenvalue weighted by Gasteiger charge is -2.22. The topological polar surface area (TPSA) is 84.9 Å². The zero-order valence-electron chi connectivity index (χ0n) is 17.1. The maximum Gasteiger partial charge on any atom is 0.240 e. The lowest BCUT2D eigenvalue weighted by molar-refractivity contribution is -0.119. The highest BCUT2D eigenvalue weighted by atomic mass is 32.2. The molecule has 1 N–H and O–H groups in total. The van der Waals surface area contributed by atoms with Crippen molar-refractivity contribution in [3.05, 3.63) is 54.1 Å². The molecule has 0 bridgehead atoms. The monoisotopic (exact) mass is 420 g/mol. The molecule has 0 aliphatic rings. The number of aryl methyl sites for hydroxylation is 1. The van der Waals surface area contributed by atoms with Gasteiger partial charge in [0.1, 0.15) is 24.7 Å². The molecular weight excluding hydrogens is 392 g/mol. The third kappa shape index (κ3) is 7.30. The number of rotatable bonds is 11. The number of benzene rings is 2. The highest BCUT2D eigenvalue weighted by Gasteiger charge is 2.21. The van der Waals surface area contributed by atoms with Crippen LogP contribution in [-0.2, 0) is 21.2 Å². The first-order chi connectivity index (χ1) is 13.8. The summed E-state index contributed by atoms with van der Waals surface area (Å²) in [6, 6.07) is 14.4. The van der Waals surface area contributed by atoms with Gasteiger partial charge in [-0.05, 0) is 36.2 Å². The predicted molar refractivity (Wildman–Crippen MR) is 114 cm³/mol. The Labute approximate surface area is 172 Å². The Morgan fingerprint density at radius 1 is 1.10 bits per heavy atom. The van der Waals surface area contributed by atoms with Gasteiger partial charge in [-0.1, -0.05) is 31.5 Å². The summed E-state index contributed by atoms with van der Waals surface area (Å²) in [6.07, 6.45) is 3.18. The van der Waals surface area contributed by atoms with Crippen molar-refractivity contribution in [1.82, 2.24) is 5.32 Å². The molecular formula is C21H28N2O5S. The van der Waals surface area contributed by atoms with Gasteiger partial charge in [-0.2, -0.15) is 0 Å². The zero-order valence-corrected chi connectivity index (χ0v) is 17.9. The Morgan fingerprint density at radius 2 is 1.83 bits per heavy atom. The minimum Gasteiger partial charge on any atom is -0.497 e. The van der Waals surface area contributed by atoms with E-state index in [4.69, 9.17) is 9.47 Å². The van der Waals surface area contributed by atoms with Gasteiger partial charge in [-0.15, -0.1) is 0 Å². The number of hydrogen-bond donors (Lipinski definition) is 1. The van der Waals surface area contributed by atoms with Crippen LogP contribution in [0.25, 0.3) is 0 Å². The van der Waals surface area contributed by atoms with Gasteiger partial charge in [0.2, 0.25) is 15.9 Å². The molecule has 0 aromatic heterocycles. The van der Waals surface area contributed by atoms with Crippen LogP contribution < -0.4 is 19.1 Å². The second-order valence-electron chi connectivity index (χ2n) is 6.56. The van der Waals surface area contributed by atoms with Gasteiger partial charge >= 0.3 is 0 Å². The van der Waals surface area contributed by atoms with Crippen LogP contribution in [0.2, 0.25) is 0 Å². The molecule has 0 atom stereocenters. The SMILES string of the molecule is CCCc1ccc(OCCNC(=O)CN(c2cccc(OC)c2)S(C)(=O)=O)cc1. The standard InChI is InChI=1S/C21H28N2O5S/c1-4-6-17-9-11-19(12-10-17)28-14-13-22-21(24)16-23(29(3,25)26)18-7-5-8-20(15-18)27-2/h5,7-12,15H,4,6,13-14,16H2,1-3H3,(H,22,24). The summed E-state index contributed by atoms with van der Waals surface area (Å²) in [6.45, 7) is 2.37. The molecule has 29 heavy (non-hydrogen) atoms. The molecule has 0 aliphatic heterocycles. The fourth-order valence-electron chi connectivity index (χ4n) is 2.75. The van der Waals surface area contributed by atoms with Crippen molar-refractivity contribution in [3.8, 4) is 11.5 Å². The van der Waals surface area contributed by atoms with E-state index in [1.54, 1.807) is 24.3 Å².